The Labute approximate surface area is 260 Å². The highest BCUT2D eigenvalue weighted by Crippen LogP contribution is 2.33. The molecule has 2 heterocycles. The van der Waals surface area contributed by atoms with Crippen LogP contribution in [-0.2, 0) is 25.4 Å². The Morgan fingerprint density at radius 1 is 0.907 bits per heavy atom. The van der Waals surface area contributed by atoms with Gasteiger partial charge in [0, 0.05) is 7.11 Å². The van der Waals surface area contributed by atoms with Crippen molar-refractivity contribution in [1.82, 2.24) is 5.32 Å². The summed E-state index contributed by atoms with van der Waals surface area (Å²) in [5.41, 5.74) is 1.13. The number of rotatable bonds is 21. The third-order valence-electron chi connectivity index (χ3n) is 8.20. The van der Waals surface area contributed by atoms with Gasteiger partial charge < -0.3 is 38.8 Å². The Bertz CT molecular complexity index is 923. The molecule has 0 aliphatic carbocycles. The van der Waals surface area contributed by atoms with Crippen LogP contribution in [0.2, 0.25) is 0 Å². The van der Waals surface area contributed by atoms with Gasteiger partial charge in [-0.1, -0.05) is 90.2 Å². The zero-order chi connectivity index (χ0) is 30.9. The van der Waals surface area contributed by atoms with E-state index in [1.54, 1.807) is 7.11 Å². The molecule has 8 nitrogen and oxygen atoms in total. The quantitative estimate of drug-likeness (QED) is 0.144. The van der Waals surface area contributed by atoms with E-state index < -0.39 is 30.3 Å². The van der Waals surface area contributed by atoms with Crippen LogP contribution >= 0.6 is 0 Å². The molecule has 43 heavy (non-hydrogen) atoms. The number of aliphatic hydroxyl groups excluding tert-OH is 1. The third-order valence-corrected chi connectivity index (χ3v) is 8.20. The van der Waals surface area contributed by atoms with Gasteiger partial charge >= 0.3 is 0 Å². The highest BCUT2D eigenvalue weighted by atomic mass is 16.8. The van der Waals surface area contributed by atoms with Crippen LogP contribution in [0.1, 0.15) is 110 Å². The van der Waals surface area contributed by atoms with Crippen LogP contribution < -0.4 is 14.8 Å². The number of hydrogen-bond acceptors (Lipinski definition) is 8. The summed E-state index contributed by atoms with van der Waals surface area (Å²) >= 11 is 0. The molecule has 2 fully saturated rings. The van der Waals surface area contributed by atoms with Crippen molar-refractivity contribution in [3.63, 3.8) is 0 Å². The molecule has 246 valence electrons. The number of aliphatic hydroxyl groups is 1. The lowest BCUT2D eigenvalue weighted by atomic mass is 9.95. The normalized spacial score (nSPS) is 25.0. The number of allylic oxidation sites excluding steroid dienone is 1. The number of nitrogens with one attached hydrogen (secondary N) is 1. The molecule has 0 aromatic heterocycles. The average molecular weight is 606 g/mol. The predicted octanol–water partition coefficient (Wildman–Crippen LogP) is 7.06. The standard InChI is InChI=1S/C35H59NO7/c1-6-8-10-12-14-16-23-39-28-21-20-27(25-29(28)40-24-17-15-13-11-9-7-2)19-18-22-36-31-32(37)33-30(42-34(31)38-5)26-41-35(3,4)43-33/h18,20-22,25,30-34,36-37H,6-17,19,23-24,26H2,1-5H3/t30-,31-,32-,33-,34+/m1/s1. The van der Waals surface area contributed by atoms with Gasteiger partial charge in [-0.2, -0.15) is 0 Å². The van der Waals surface area contributed by atoms with Crippen LogP contribution in [0.25, 0.3) is 0 Å². The lowest BCUT2D eigenvalue weighted by molar-refractivity contribution is -0.366. The van der Waals surface area contributed by atoms with E-state index in [0.717, 1.165) is 29.9 Å². The van der Waals surface area contributed by atoms with E-state index in [-0.39, 0.29) is 6.10 Å². The van der Waals surface area contributed by atoms with Gasteiger partial charge in [0.2, 0.25) is 0 Å². The summed E-state index contributed by atoms with van der Waals surface area (Å²) in [7, 11) is 1.58. The second-order valence-electron chi connectivity index (χ2n) is 12.4. The lowest BCUT2D eigenvalue weighted by Gasteiger charge is -2.49. The number of ether oxygens (including phenoxy) is 6. The fourth-order valence-electron chi connectivity index (χ4n) is 5.64. The van der Waals surface area contributed by atoms with E-state index in [9.17, 15) is 5.11 Å². The molecule has 1 aromatic rings. The number of hydrogen-bond donors (Lipinski definition) is 2. The van der Waals surface area contributed by atoms with Crippen molar-refractivity contribution in [1.29, 1.82) is 0 Å². The molecule has 5 atom stereocenters. The van der Waals surface area contributed by atoms with Gasteiger partial charge in [-0.05, 0) is 57.0 Å². The Hall–Kier alpha value is -1.84. The van der Waals surface area contributed by atoms with Gasteiger partial charge in [-0.25, -0.2) is 0 Å². The molecule has 2 N–H and O–H groups in total. The molecule has 2 aliphatic rings. The maximum Gasteiger partial charge on any atom is 0.180 e. The largest absolute Gasteiger partial charge is 0.490 e. The van der Waals surface area contributed by atoms with Crippen molar-refractivity contribution in [2.45, 2.75) is 148 Å². The third kappa shape index (κ3) is 12.2. The van der Waals surface area contributed by atoms with Crippen molar-refractivity contribution in [3.05, 3.63) is 36.0 Å². The minimum atomic E-state index is -0.818. The molecule has 0 unspecified atom stereocenters. The average Bonchev–Trinajstić information content (AvgIpc) is 3.00. The molecule has 0 bridgehead atoms. The lowest BCUT2D eigenvalue weighted by Crippen LogP contribution is -2.67. The van der Waals surface area contributed by atoms with Crippen molar-refractivity contribution in [2.75, 3.05) is 26.9 Å². The van der Waals surface area contributed by atoms with Crippen molar-refractivity contribution < 1.29 is 33.5 Å². The molecule has 8 heteroatoms. The molecule has 3 rings (SSSR count). The minimum absolute atomic E-state index is 0.346. The summed E-state index contributed by atoms with van der Waals surface area (Å²) in [5, 5.41) is 14.4. The molecule has 0 spiro atoms. The van der Waals surface area contributed by atoms with Crippen molar-refractivity contribution in [3.8, 4) is 11.5 Å². The molecular formula is C35H59NO7. The van der Waals surface area contributed by atoms with Crippen LogP contribution in [0.5, 0.6) is 11.5 Å². The number of benzene rings is 1. The van der Waals surface area contributed by atoms with Gasteiger partial charge in [0.15, 0.2) is 23.6 Å². The van der Waals surface area contributed by atoms with Crippen LogP contribution in [0, 0.1) is 0 Å². The van der Waals surface area contributed by atoms with E-state index in [2.05, 4.69) is 31.3 Å². The summed E-state index contributed by atoms with van der Waals surface area (Å²) < 4.78 is 35.7. The Morgan fingerprint density at radius 2 is 1.53 bits per heavy atom. The monoisotopic (exact) mass is 605 g/mol. The first-order valence-corrected chi connectivity index (χ1v) is 16.9. The summed E-state index contributed by atoms with van der Waals surface area (Å²) in [5.74, 6) is 0.870. The summed E-state index contributed by atoms with van der Waals surface area (Å²) in [6, 6.07) is 5.74. The van der Waals surface area contributed by atoms with Gasteiger partial charge in [0.25, 0.3) is 0 Å². The minimum Gasteiger partial charge on any atom is -0.490 e. The first kappa shape index (κ1) is 35.6. The van der Waals surface area contributed by atoms with Crippen LogP contribution in [0.4, 0.5) is 0 Å². The number of unbranched alkanes of at least 4 members (excludes halogenated alkanes) is 10. The first-order valence-electron chi connectivity index (χ1n) is 16.9. The van der Waals surface area contributed by atoms with Crippen molar-refractivity contribution in [2.24, 2.45) is 0 Å². The molecule has 0 radical (unpaired) electrons. The van der Waals surface area contributed by atoms with E-state index >= 15 is 0 Å². The number of fused-ring (bicyclic) bond motifs is 1. The van der Waals surface area contributed by atoms with E-state index in [0.29, 0.717) is 26.2 Å². The fourth-order valence-corrected chi connectivity index (χ4v) is 5.64. The molecule has 0 saturated carbocycles. The van der Waals surface area contributed by atoms with Crippen LogP contribution in [0.3, 0.4) is 0 Å². The smallest absolute Gasteiger partial charge is 0.180 e. The number of methoxy groups -OCH3 is 1. The van der Waals surface area contributed by atoms with E-state index in [4.69, 9.17) is 28.4 Å². The van der Waals surface area contributed by atoms with Crippen LogP contribution in [0.15, 0.2) is 30.5 Å². The summed E-state index contributed by atoms with van der Waals surface area (Å²) in [6.07, 6.45) is 17.1. The van der Waals surface area contributed by atoms with Gasteiger partial charge in [-0.15, -0.1) is 0 Å². The molecule has 1 aromatic carbocycles. The topological polar surface area (TPSA) is 87.6 Å². The van der Waals surface area contributed by atoms with Gasteiger partial charge in [-0.3, -0.25) is 0 Å². The van der Waals surface area contributed by atoms with E-state index in [1.807, 2.05) is 32.2 Å². The zero-order valence-electron chi connectivity index (χ0n) is 27.5. The zero-order valence-corrected chi connectivity index (χ0v) is 27.5. The summed E-state index contributed by atoms with van der Waals surface area (Å²) in [6.45, 7) is 9.94. The van der Waals surface area contributed by atoms with Gasteiger partial charge in [0.1, 0.15) is 24.4 Å². The van der Waals surface area contributed by atoms with Crippen molar-refractivity contribution >= 4 is 0 Å². The highest BCUT2D eigenvalue weighted by Gasteiger charge is 2.50. The summed E-state index contributed by atoms with van der Waals surface area (Å²) in [4.78, 5) is 0. The maximum atomic E-state index is 11.1. The Balaban J connectivity index is 1.54. The maximum absolute atomic E-state index is 11.1. The van der Waals surface area contributed by atoms with E-state index in [1.165, 1.54) is 64.2 Å². The van der Waals surface area contributed by atoms with Crippen LogP contribution in [-0.4, -0.2) is 68.5 Å². The second-order valence-corrected chi connectivity index (χ2v) is 12.4. The SMILES string of the molecule is CCCCCCCCOc1ccc(CC=CN[C@H]2[C@@H](OC)O[C@@H]3COC(C)(C)O[C@H]3[C@@H]2O)cc1OCCCCCCCC. The molecule has 2 saturated heterocycles. The van der Waals surface area contributed by atoms with Gasteiger partial charge in [0.05, 0.1) is 19.8 Å². The molecular weight excluding hydrogens is 546 g/mol. The Kier molecular flexibility index (Phi) is 16.2. The highest BCUT2D eigenvalue weighted by molar-refractivity contribution is 5.43. The fraction of sp³-hybridized carbons (Fsp3) is 0.771. The Morgan fingerprint density at radius 3 is 2.19 bits per heavy atom. The molecule has 0 amide bonds. The molecule has 2 aliphatic heterocycles. The first-order chi connectivity index (χ1) is 20.9. The second kappa shape index (κ2) is 19.5. The predicted molar refractivity (Wildman–Crippen MR) is 171 cm³/mol.